The predicted octanol–water partition coefficient (Wildman–Crippen LogP) is 5.57. The summed E-state index contributed by atoms with van der Waals surface area (Å²) < 4.78 is 108. The van der Waals surface area contributed by atoms with Crippen LogP contribution in [0.4, 0.5) is 35.1 Å². The Bertz CT molecular complexity index is 458. The summed E-state index contributed by atoms with van der Waals surface area (Å²) in [5, 5.41) is 0. The van der Waals surface area contributed by atoms with Crippen LogP contribution in [0, 0.1) is 0 Å². The number of unbranched alkanes of at least 4 members (excludes halogenated alkanes) is 3. The first-order valence-corrected chi connectivity index (χ1v) is 7.04. The van der Waals surface area contributed by atoms with E-state index in [0.29, 0.717) is 12.8 Å². The topological polar surface area (TPSA) is 26.3 Å². The van der Waals surface area contributed by atoms with Gasteiger partial charge in [0.2, 0.25) is 0 Å². The number of halogens is 8. The summed E-state index contributed by atoms with van der Waals surface area (Å²) in [5.74, 6) is -19.7. The van der Waals surface area contributed by atoms with E-state index in [4.69, 9.17) is 0 Å². The van der Waals surface area contributed by atoms with Crippen LogP contribution in [0.5, 0.6) is 0 Å². The Morgan fingerprint density at radius 2 is 1.42 bits per heavy atom. The molecule has 2 nitrogen and oxygen atoms in total. The highest BCUT2D eigenvalue weighted by molar-refractivity contribution is 5.87. The Kier molecular flexibility index (Phi) is 7.26. The maximum Gasteiger partial charge on any atom is 0.460 e. The van der Waals surface area contributed by atoms with Crippen LogP contribution in [0.1, 0.15) is 46.0 Å². The van der Waals surface area contributed by atoms with E-state index in [1.54, 1.807) is 6.92 Å². The number of carbonyl (C=O) groups excluding carboxylic acids is 1. The van der Waals surface area contributed by atoms with Crippen LogP contribution in [-0.4, -0.2) is 29.8 Å². The average Bonchev–Trinajstić information content (AvgIpc) is 2.41. The molecule has 0 aliphatic rings. The molecule has 24 heavy (non-hydrogen) atoms. The zero-order valence-corrected chi connectivity index (χ0v) is 13.1. The molecule has 0 aromatic heterocycles. The van der Waals surface area contributed by atoms with Crippen LogP contribution in [0.25, 0.3) is 0 Å². The minimum Gasteiger partial charge on any atom is -0.418 e. The Morgan fingerprint density at radius 1 is 0.917 bits per heavy atom. The summed E-state index contributed by atoms with van der Waals surface area (Å²) >= 11 is 0. The van der Waals surface area contributed by atoms with Crippen molar-refractivity contribution in [3.63, 3.8) is 0 Å². The van der Waals surface area contributed by atoms with E-state index >= 15 is 0 Å². The summed E-state index contributed by atoms with van der Waals surface area (Å²) in [6, 6.07) is 0. The monoisotopic (exact) mass is 370 g/mol. The van der Waals surface area contributed by atoms with Crippen molar-refractivity contribution in [2.75, 3.05) is 0 Å². The van der Waals surface area contributed by atoms with E-state index in [0.717, 1.165) is 6.92 Å². The van der Waals surface area contributed by atoms with E-state index < -0.39 is 48.3 Å². The van der Waals surface area contributed by atoms with Crippen molar-refractivity contribution >= 4 is 5.97 Å². The van der Waals surface area contributed by atoms with Gasteiger partial charge in [-0.15, -0.1) is 0 Å². The van der Waals surface area contributed by atoms with Crippen LogP contribution in [0.2, 0.25) is 0 Å². The molecule has 0 heterocycles. The molecule has 0 spiro atoms. The molecule has 1 atom stereocenters. The summed E-state index contributed by atoms with van der Waals surface area (Å²) in [5.41, 5.74) is -0.628. The van der Waals surface area contributed by atoms with Crippen molar-refractivity contribution in [2.45, 2.75) is 69.8 Å². The molecule has 0 radical (unpaired) electrons. The number of rotatable bonds is 9. The first-order valence-electron chi connectivity index (χ1n) is 7.04. The minimum atomic E-state index is -6.73. The molecular formula is C14H18F8O2. The maximum atomic E-state index is 14.4. The summed E-state index contributed by atoms with van der Waals surface area (Å²) in [6.07, 6.45) is -7.65. The van der Waals surface area contributed by atoms with Gasteiger partial charge in [0.15, 0.2) is 0 Å². The lowest BCUT2D eigenvalue weighted by atomic mass is 9.96. The molecule has 0 N–H and O–H groups in total. The van der Waals surface area contributed by atoms with Gasteiger partial charge in [-0.05, 0) is 13.3 Å². The molecular weight excluding hydrogens is 352 g/mol. The molecule has 0 amide bonds. The number of esters is 1. The van der Waals surface area contributed by atoms with Crippen LogP contribution in [0.15, 0.2) is 12.2 Å². The van der Waals surface area contributed by atoms with Gasteiger partial charge >= 0.3 is 29.8 Å². The standard InChI is InChI=1S/C14H18F8O2/c1-4-5-6-7-8-11(15,24-10(23)9(2)3)12(16,17)13(18,19)14(20,21)22/h2,4-8H2,1,3H3. The zero-order chi connectivity index (χ0) is 19.4. The van der Waals surface area contributed by atoms with Gasteiger partial charge in [-0.2, -0.15) is 35.1 Å². The average molecular weight is 370 g/mol. The molecule has 0 saturated carbocycles. The summed E-state index contributed by atoms with van der Waals surface area (Å²) in [7, 11) is 0. The van der Waals surface area contributed by atoms with Gasteiger partial charge in [0.05, 0.1) is 0 Å². The van der Waals surface area contributed by atoms with E-state index in [9.17, 15) is 39.9 Å². The number of alkyl halides is 8. The van der Waals surface area contributed by atoms with Crippen molar-refractivity contribution in [2.24, 2.45) is 0 Å². The van der Waals surface area contributed by atoms with E-state index in [2.05, 4.69) is 11.3 Å². The van der Waals surface area contributed by atoms with Crippen molar-refractivity contribution in [3.05, 3.63) is 12.2 Å². The highest BCUT2D eigenvalue weighted by Gasteiger charge is 2.82. The fraction of sp³-hybridized carbons (Fsp3) is 0.786. The fourth-order valence-electron chi connectivity index (χ4n) is 1.70. The number of hydrogen-bond donors (Lipinski definition) is 0. The fourth-order valence-corrected chi connectivity index (χ4v) is 1.70. The van der Waals surface area contributed by atoms with Crippen LogP contribution < -0.4 is 0 Å². The van der Waals surface area contributed by atoms with Crippen molar-refractivity contribution in [3.8, 4) is 0 Å². The highest BCUT2D eigenvalue weighted by Crippen LogP contribution is 2.54. The van der Waals surface area contributed by atoms with Crippen LogP contribution in [0.3, 0.4) is 0 Å². The minimum absolute atomic E-state index is 0.0838. The number of ether oxygens (including phenoxy) is 1. The zero-order valence-electron chi connectivity index (χ0n) is 13.1. The lowest BCUT2D eigenvalue weighted by Crippen LogP contribution is -2.63. The molecule has 0 aromatic carbocycles. The molecule has 0 fully saturated rings. The number of hydrogen-bond acceptors (Lipinski definition) is 2. The Hall–Kier alpha value is -1.35. The summed E-state index contributed by atoms with van der Waals surface area (Å²) in [6.45, 7) is 5.55. The highest BCUT2D eigenvalue weighted by atomic mass is 19.4. The lowest BCUT2D eigenvalue weighted by molar-refractivity contribution is -0.408. The predicted molar refractivity (Wildman–Crippen MR) is 69.5 cm³/mol. The van der Waals surface area contributed by atoms with Gasteiger partial charge in [0, 0.05) is 12.0 Å². The summed E-state index contributed by atoms with van der Waals surface area (Å²) in [4.78, 5) is 11.2. The molecule has 0 rings (SSSR count). The smallest absolute Gasteiger partial charge is 0.418 e. The first-order chi connectivity index (χ1) is 10.6. The molecule has 0 aromatic rings. The second-order valence-corrected chi connectivity index (χ2v) is 5.36. The third kappa shape index (κ3) is 4.60. The molecule has 0 saturated heterocycles. The van der Waals surface area contributed by atoms with E-state index in [1.807, 2.05) is 0 Å². The second-order valence-electron chi connectivity index (χ2n) is 5.36. The van der Waals surface area contributed by atoms with Crippen molar-refractivity contribution in [1.29, 1.82) is 0 Å². The van der Waals surface area contributed by atoms with Gasteiger partial charge < -0.3 is 4.74 Å². The van der Waals surface area contributed by atoms with Gasteiger partial charge in [-0.1, -0.05) is 32.8 Å². The van der Waals surface area contributed by atoms with E-state index in [1.165, 1.54) is 0 Å². The lowest BCUT2D eigenvalue weighted by Gasteiger charge is -2.37. The van der Waals surface area contributed by atoms with Gasteiger partial charge in [-0.3, -0.25) is 0 Å². The largest absolute Gasteiger partial charge is 0.460 e. The normalized spacial score (nSPS) is 15.8. The maximum absolute atomic E-state index is 14.4. The third-order valence-electron chi connectivity index (χ3n) is 3.17. The Labute approximate surface area is 133 Å². The van der Waals surface area contributed by atoms with E-state index in [-0.39, 0.29) is 6.42 Å². The van der Waals surface area contributed by atoms with Crippen LogP contribution >= 0.6 is 0 Å². The number of carbonyl (C=O) groups is 1. The Balaban J connectivity index is 5.72. The van der Waals surface area contributed by atoms with Crippen molar-refractivity contribution in [1.82, 2.24) is 0 Å². The quantitative estimate of drug-likeness (QED) is 0.229. The first kappa shape index (κ1) is 22.6. The van der Waals surface area contributed by atoms with Gasteiger partial charge in [-0.25, -0.2) is 4.79 Å². The Morgan fingerprint density at radius 3 is 1.79 bits per heavy atom. The molecule has 142 valence electrons. The van der Waals surface area contributed by atoms with Gasteiger partial charge in [0.25, 0.3) is 0 Å². The second kappa shape index (κ2) is 7.69. The molecule has 0 aliphatic carbocycles. The molecule has 0 bridgehead atoms. The molecule has 10 heteroatoms. The van der Waals surface area contributed by atoms with Crippen LogP contribution in [-0.2, 0) is 9.53 Å². The van der Waals surface area contributed by atoms with Gasteiger partial charge in [0.1, 0.15) is 0 Å². The van der Waals surface area contributed by atoms with Crippen molar-refractivity contribution < 1.29 is 44.7 Å². The SMILES string of the molecule is C=C(C)C(=O)OC(F)(CCCCCC)C(F)(F)C(F)(F)C(F)(F)F. The molecule has 0 aliphatic heterocycles. The molecule has 1 unspecified atom stereocenters. The third-order valence-corrected chi connectivity index (χ3v) is 3.17.